The van der Waals surface area contributed by atoms with Crippen LogP contribution >= 0.6 is 0 Å². The summed E-state index contributed by atoms with van der Waals surface area (Å²) in [6.07, 6.45) is 3.75. The van der Waals surface area contributed by atoms with Crippen LogP contribution in [0.15, 0.2) is 0 Å². The average molecular weight is 202 g/mol. The van der Waals surface area contributed by atoms with Crippen molar-refractivity contribution in [2.45, 2.75) is 32.2 Å². The number of hydrogen-bond donors (Lipinski definition) is 1. The monoisotopic (exact) mass is 202 g/mol. The molecule has 0 bridgehead atoms. The number of likely N-dealkylation sites (N-methyl/N-ethyl adjacent to an activating group) is 1. The number of hydrogen-bond acceptors (Lipinski definition) is 3. The third-order valence-electron chi connectivity index (χ3n) is 2.67. The van der Waals surface area contributed by atoms with E-state index < -0.39 is 0 Å². The molecule has 1 atom stereocenters. The van der Waals surface area contributed by atoms with E-state index in [2.05, 4.69) is 24.2 Å². The first-order chi connectivity index (χ1) is 6.74. The molecule has 0 aliphatic heterocycles. The van der Waals surface area contributed by atoms with Crippen LogP contribution in [-0.2, 0) is 4.74 Å². The summed E-state index contributed by atoms with van der Waals surface area (Å²) in [4.78, 5) is 2.33. The molecule has 3 heteroatoms. The Morgan fingerprint density at radius 3 is 2.57 bits per heavy atom. The number of rotatable bonds is 9. The quantitative estimate of drug-likeness (QED) is 0.611. The van der Waals surface area contributed by atoms with Crippen molar-refractivity contribution < 1.29 is 4.74 Å². The summed E-state index contributed by atoms with van der Waals surface area (Å²) in [5.41, 5.74) is 0. The highest BCUT2D eigenvalue weighted by Gasteiger charge is 2.03. The summed E-state index contributed by atoms with van der Waals surface area (Å²) in [7, 11) is 5.95. The fourth-order valence-corrected chi connectivity index (χ4v) is 1.52. The molecular formula is C11H26N2O. The van der Waals surface area contributed by atoms with E-state index >= 15 is 0 Å². The summed E-state index contributed by atoms with van der Waals surface area (Å²) in [6.45, 7) is 5.27. The third-order valence-corrected chi connectivity index (χ3v) is 2.67. The Morgan fingerprint density at radius 1 is 1.36 bits per heavy atom. The fraction of sp³-hybridized carbons (Fsp3) is 1.00. The normalized spacial score (nSPS) is 13.5. The highest BCUT2D eigenvalue weighted by atomic mass is 16.5. The van der Waals surface area contributed by atoms with Gasteiger partial charge in [-0.3, -0.25) is 0 Å². The number of methoxy groups -OCH3 is 1. The largest absolute Gasteiger partial charge is 0.383 e. The zero-order chi connectivity index (χ0) is 10.8. The van der Waals surface area contributed by atoms with Gasteiger partial charge in [-0.15, -0.1) is 0 Å². The second kappa shape index (κ2) is 9.44. The van der Waals surface area contributed by atoms with Crippen LogP contribution in [0.5, 0.6) is 0 Å². The number of nitrogens with one attached hydrogen (secondary N) is 1. The first-order valence-corrected chi connectivity index (χ1v) is 5.59. The summed E-state index contributed by atoms with van der Waals surface area (Å²) in [5, 5.41) is 3.33. The Hall–Kier alpha value is -0.120. The predicted molar refractivity (Wildman–Crippen MR) is 61.7 cm³/mol. The van der Waals surface area contributed by atoms with Gasteiger partial charge in [-0.1, -0.05) is 6.92 Å². The van der Waals surface area contributed by atoms with Crippen molar-refractivity contribution in [3.8, 4) is 0 Å². The Kier molecular flexibility index (Phi) is 9.35. The van der Waals surface area contributed by atoms with Crippen LogP contribution in [0.25, 0.3) is 0 Å². The van der Waals surface area contributed by atoms with Gasteiger partial charge in [-0.05, 0) is 39.9 Å². The van der Waals surface area contributed by atoms with Crippen molar-refractivity contribution in [1.29, 1.82) is 0 Å². The molecule has 86 valence electrons. The molecule has 0 aliphatic carbocycles. The van der Waals surface area contributed by atoms with E-state index in [0.717, 1.165) is 13.2 Å². The summed E-state index contributed by atoms with van der Waals surface area (Å²) >= 11 is 0. The van der Waals surface area contributed by atoms with E-state index in [-0.39, 0.29) is 0 Å². The van der Waals surface area contributed by atoms with Crippen molar-refractivity contribution in [3.63, 3.8) is 0 Å². The molecule has 3 nitrogen and oxygen atoms in total. The standard InChI is InChI=1S/C11H26N2O/c1-5-11(12-2)7-6-8-13(3)9-10-14-4/h11-12H,5-10H2,1-4H3. The predicted octanol–water partition coefficient (Wildman–Crippen LogP) is 1.34. The first-order valence-electron chi connectivity index (χ1n) is 5.59. The van der Waals surface area contributed by atoms with Crippen molar-refractivity contribution >= 4 is 0 Å². The van der Waals surface area contributed by atoms with Crippen molar-refractivity contribution in [2.75, 3.05) is 40.9 Å². The van der Waals surface area contributed by atoms with E-state index in [4.69, 9.17) is 4.74 Å². The molecular weight excluding hydrogens is 176 g/mol. The molecule has 0 heterocycles. The lowest BCUT2D eigenvalue weighted by Crippen LogP contribution is -2.28. The zero-order valence-electron chi connectivity index (χ0n) is 10.2. The highest BCUT2D eigenvalue weighted by Crippen LogP contribution is 2.01. The number of nitrogens with zero attached hydrogens (tertiary/aromatic N) is 1. The molecule has 1 unspecified atom stereocenters. The molecule has 0 aromatic heterocycles. The molecule has 0 spiro atoms. The summed E-state index contributed by atoms with van der Waals surface area (Å²) in [6, 6.07) is 0.686. The van der Waals surface area contributed by atoms with Crippen LogP contribution < -0.4 is 5.32 Å². The van der Waals surface area contributed by atoms with Gasteiger partial charge < -0.3 is 15.0 Å². The van der Waals surface area contributed by atoms with Crippen molar-refractivity contribution in [2.24, 2.45) is 0 Å². The van der Waals surface area contributed by atoms with Crippen LogP contribution in [0.2, 0.25) is 0 Å². The van der Waals surface area contributed by atoms with Crippen molar-refractivity contribution in [3.05, 3.63) is 0 Å². The minimum absolute atomic E-state index is 0.686. The lowest BCUT2D eigenvalue weighted by Gasteiger charge is -2.18. The highest BCUT2D eigenvalue weighted by molar-refractivity contribution is 4.63. The van der Waals surface area contributed by atoms with Gasteiger partial charge in [0.25, 0.3) is 0 Å². The van der Waals surface area contributed by atoms with Gasteiger partial charge in [-0.25, -0.2) is 0 Å². The lowest BCUT2D eigenvalue weighted by atomic mass is 10.1. The number of ether oxygens (including phenoxy) is 1. The molecule has 0 fully saturated rings. The van der Waals surface area contributed by atoms with Crippen molar-refractivity contribution in [1.82, 2.24) is 10.2 Å². The van der Waals surface area contributed by atoms with E-state index in [0.29, 0.717) is 6.04 Å². The second-order valence-corrected chi connectivity index (χ2v) is 3.83. The molecule has 0 saturated heterocycles. The van der Waals surface area contributed by atoms with Crippen LogP contribution in [0, 0.1) is 0 Å². The maximum Gasteiger partial charge on any atom is 0.0589 e. The minimum atomic E-state index is 0.686. The molecule has 1 N–H and O–H groups in total. The first kappa shape index (κ1) is 13.9. The smallest absolute Gasteiger partial charge is 0.0589 e. The van der Waals surface area contributed by atoms with E-state index in [1.54, 1.807) is 7.11 Å². The van der Waals surface area contributed by atoms with Gasteiger partial charge >= 0.3 is 0 Å². The van der Waals surface area contributed by atoms with Crippen LogP contribution in [-0.4, -0.2) is 51.8 Å². The Labute approximate surface area is 88.8 Å². The van der Waals surface area contributed by atoms with Gasteiger partial charge in [0.05, 0.1) is 6.61 Å². The molecule has 14 heavy (non-hydrogen) atoms. The molecule has 0 aromatic carbocycles. The maximum atomic E-state index is 5.03. The Morgan fingerprint density at radius 2 is 2.07 bits per heavy atom. The van der Waals surface area contributed by atoms with E-state index in [1.807, 2.05) is 7.05 Å². The third kappa shape index (κ3) is 7.30. The van der Waals surface area contributed by atoms with Gasteiger partial charge in [0, 0.05) is 19.7 Å². The lowest BCUT2D eigenvalue weighted by molar-refractivity contribution is 0.160. The van der Waals surface area contributed by atoms with Gasteiger partial charge in [0.15, 0.2) is 0 Å². The molecule has 0 aromatic rings. The molecule has 0 saturated carbocycles. The minimum Gasteiger partial charge on any atom is -0.383 e. The SMILES string of the molecule is CCC(CCCN(C)CCOC)NC. The molecule has 0 amide bonds. The zero-order valence-corrected chi connectivity index (χ0v) is 10.2. The van der Waals surface area contributed by atoms with Gasteiger partial charge in [-0.2, -0.15) is 0 Å². The molecule has 0 radical (unpaired) electrons. The average Bonchev–Trinajstić information content (AvgIpc) is 2.21. The topological polar surface area (TPSA) is 24.5 Å². The van der Waals surface area contributed by atoms with E-state index in [9.17, 15) is 0 Å². The summed E-state index contributed by atoms with van der Waals surface area (Å²) in [5.74, 6) is 0. The van der Waals surface area contributed by atoms with Crippen LogP contribution in [0.3, 0.4) is 0 Å². The Balaban J connectivity index is 3.33. The summed E-state index contributed by atoms with van der Waals surface area (Å²) < 4.78 is 5.03. The van der Waals surface area contributed by atoms with E-state index in [1.165, 1.54) is 25.8 Å². The maximum absolute atomic E-state index is 5.03. The fourth-order valence-electron chi connectivity index (χ4n) is 1.52. The Bertz CT molecular complexity index is 116. The van der Waals surface area contributed by atoms with Gasteiger partial charge in [0.2, 0.25) is 0 Å². The van der Waals surface area contributed by atoms with Gasteiger partial charge in [0.1, 0.15) is 0 Å². The second-order valence-electron chi connectivity index (χ2n) is 3.83. The van der Waals surface area contributed by atoms with Crippen LogP contribution in [0.1, 0.15) is 26.2 Å². The van der Waals surface area contributed by atoms with Crippen LogP contribution in [0.4, 0.5) is 0 Å². The molecule has 0 rings (SSSR count). The molecule has 0 aliphatic rings.